The van der Waals surface area contributed by atoms with E-state index in [0.29, 0.717) is 6.61 Å². The second-order valence-electron chi connectivity index (χ2n) is 5.55. The topological polar surface area (TPSA) is 21.3 Å². The minimum atomic E-state index is -0.212. The fourth-order valence-electron chi connectivity index (χ4n) is 2.54. The number of rotatable bonds is 3. The van der Waals surface area contributed by atoms with Crippen LogP contribution in [0, 0.1) is 12.7 Å². The molecule has 2 aromatic rings. The Hall–Kier alpha value is -1.71. The average Bonchev–Trinajstić information content (AvgIpc) is 2.92. The van der Waals surface area contributed by atoms with Crippen molar-refractivity contribution in [2.24, 2.45) is 0 Å². The molecule has 0 saturated carbocycles. The quantitative estimate of drug-likeness (QED) is 0.909. The van der Waals surface area contributed by atoms with E-state index in [0.717, 1.165) is 12.1 Å². The van der Waals surface area contributed by atoms with Gasteiger partial charge in [-0.05, 0) is 55.8 Å². The molecule has 3 heteroatoms. The van der Waals surface area contributed by atoms with E-state index >= 15 is 0 Å². The monoisotopic (exact) mass is 301 g/mol. The van der Waals surface area contributed by atoms with Gasteiger partial charge in [-0.25, -0.2) is 4.39 Å². The number of halogens is 1. The normalized spacial score (nSPS) is 15.9. The molecule has 2 nitrogen and oxygen atoms in total. The Morgan fingerprint density at radius 2 is 1.91 bits per heavy atom. The fraction of sp³-hybridized carbons (Fsp3) is 0.368. The van der Waals surface area contributed by atoms with Crippen molar-refractivity contribution < 1.29 is 9.13 Å². The van der Waals surface area contributed by atoms with Gasteiger partial charge < -0.3 is 10.1 Å². The van der Waals surface area contributed by atoms with Crippen LogP contribution in [0.4, 0.5) is 4.39 Å². The molecule has 1 heterocycles. The number of aryl methyl sites for hydroxylation is 1. The molecule has 0 aromatic heterocycles. The number of nitrogens with one attached hydrogen (secondary N) is 1. The summed E-state index contributed by atoms with van der Waals surface area (Å²) >= 11 is 0. The lowest BCUT2D eigenvalue weighted by Crippen LogP contribution is -2.04. The molecule has 0 radical (unpaired) electrons. The van der Waals surface area contributed by atoms with Crippen molar-refractivity contribution >= 4 is 0 Å². The van der Waals surface area contributed by atoms with E-state index in [4.69, 9.17) is 4.74 Å². The van der Waals surface area contributed by atoms with Crippen molar-refractivity contribution in [3.63, 3.8) is 0 Å². The first-order chi connectivity index (χ1) is 10.7. The number of hydrogen-bond acceptors (Lipinski definition) is 2. The summed E-state index contributed by atoms with van der Waals surface area (Å²) in [5, 5.41) is 3.02. The second-order valence-corrected chi connectivity index (χ2v) is 5.55. The third kappa shape index (κ3) is 4.15. The summed E-state index contributed by atoms with van der Waals surface area (Å²) in [5.41, 5.74) is 4.68. The SMILES string of the molecule is CCCNC.Cc1ccc2c(c1)COC2c1ccc(F)cc1. The van der Waals surface area contributed by atoms with E-state index in [-0.39, 0.29) is 11.9 Å². The first-order valence-corrected chi connectivity index (χ1v) is 7.76. The highest BCUT2D eigenvalue weighted by molar-refractivity contribution is 5.40. The van der Waals surface area contributed by atoms with Gasteiger partial charge in [0.1, 0.15) is 11.9 Å². The number of ether oxygens (including phenoxy) is 1. The number of fused-ring (bicyclic) bond motifs is 1. The van der Waals surface area contributed by atoms with Gasteiger partial charge in [0, 0.05) is 0 Å². The van der Waals surface area contributed by atoms with Crippen LogP contribution >= 0.6 is 0 Å². The number of hydrogen-bond donors (Lipinski definition) is 1. The van der Waals surface area contributed by atoms with Gasteiger partial charge in [-0.1, -0.05) is 42.8 Å². The molecule has 0 aliphatic carbocycles. The summed E-state index contributed by atoms with van der Waals surface area (Å²) in [5.74, 6) is -0.212. The van der Waals surface area contributed by atoms with Crippen LogP contribution in [-0.2, 0) is 11.3 Å². The average molecular weight is 301 g/mol. The summed E-state index contributed by atoms with van der Waals surface area (Å²) in [6.07, 6.45) is 1.18. The van der Waals surface area contributed by atoms with Gasteiger partial charge in [-0.15, -0.1) is 0 Å². The standard InChI is InChI=1S/C15H13FO.C4H11N/c1-10-2-7-14-12(8-10)9-17-15(14)11-3-5-13(16)6-4-11;1-3-4-5-2/h2-8,15H,9H2,1H3;5H,3-4H2,1-2H3. The highest BCUT2D eigenvalue weighted by Crippen LogP contribution is 2.36. The lowest BCUT2D eigenvalue weighted by Gasteiger charge is -2.11. The van der Waals surface area contributed by atoms with Crippen molar-refractivity contribution in [2.45, 2.75) is 33.0 Å². The summed E-state index contributed by atoms with van der Waals surface area (Å²) in [4.78, 5) is 0. The Labute approximate surface area is 132 Å². The van der Waals surface area contributed by atoms with Crippen LogP contribution in [0.15, 0.2) is 42.5 Å². The Balaban J connectivity index is 0.000000309. The Bertz CT molecular complexity index is 593. The number of benzene rings is 2. The summed E-state index contributed by atoms with van der Waals surface area (Å²) in [6, 6.07) is 12.9. The first-order valence-electron chi connectivity index (χ1n) is 7.76. The maximum absolute atomic E-state index is 12.9. The Morgan fingerprint density at radius 3 is 2.50 bits per heavy atom. The van der Waals surface area contributed by atoms with Crippen LogP contribution in [0.5, 0.6) is 0 Å². The van der Waals surface area contributed by atoms with Crippen LogP contribution in [0.2, 0.25) is 0 Å². The van der Waals surface area contributed by atoms with E-state index in [1.807, 2.05) is 7.05 Å². The zero-order chi connectivity index (χ0) is 15.9. The van der Waals surface area contributed by atoms with Crippen LogP contribution in [0.3, 0.4) is 0 Å². The van der Waals surface area contributed by atoms with Crippen molar-refractivity contribution in [1.82, 2.24) is 5.32 Å². The van der Waals surface area contributed by atoms with E-state index < -0.39 is 0 Å². The maximum atomic E-state index is 12.9. The fourth-order valence-corrected chi connectivity index (χ4v) is 2.54. The molecule has 1 aliphatic rings. The zero-order valence-electron chi connectivity index (χ0n) is 13.5. The van der Waals surface area contributed by atoms with E-state index in [1.54, 1.807) is 12.1 Å². The predicted molar refractivity (Wildman–Crippen MR) is 88.4 cm³/mol. The van der Waals surface area contributed by atoms with Gasteiger partial charge in [0.25, 0.3) is 0 Å². The second kappa shape index (κ2) is 8.06. The van der Waals surface area contributed by atoms with Gasteiger partial charge in [0.05, 0.1) is 6.61 Å². The molecule has 0 spiro atoms. The van der Waals surface area contributed by atoms with Crippen LogP contribution in [0.1, 0.15) is 41.7 Å². The molecule has 118 valence electrons. The largest absolute Gasteiger partial charge is 0.364 e. The summed E-state index contributed by atoms with van der Waals surface area (Å²) < 4.78 is 18.7. The summed E-state index contributed by atoms with van der Waals surface area (Å²) in [7, 11) is 1.96. The minimum absolute atomic E-state index is 0.0498. The van der Waals surface area contributed by atoms with Gasteiger partial charge >= 0.3 is 0 Å². The van der Waals surface area contributed by atoms with E-state index in [2.05, 4.69) is 37.4 Å². The van der Waals surface area contributed by atoms with Gasteiger partial charge in [0.2, 0.25) is 0 Å². The molecule has 1 atom stereocenters. The van der Waals surface area contributed by atoms with Crippen LogP contribution < -0.4 is 5.32 Å². The molecular weight excluding hydrogens is 277 g/mol. The van der Waals surface area contributed by atoms with E-state index in [9.17, 15) is 4.39 Å². The van der Waals surface area contributed by atoms with Crippen molar-refractivity contribution in [1.29, 1.82) is 0 Å². The zero-order valence-corrected chi connectivity index (χ0v) is 13.5. The van der Waals surface area contributed by atoms with Gasteiger partial charge in [0.15, 0.2) is 0 Å². The minimum Gasteiger partial charge on any atom is -0.364 e. The van der Waals surface area contributed by atoms with Crippen molar-refractivity contribution in [3.05, 3.63) is 70.5 Å². The molecule has 0 fully saturated rings. The Morgan fingerprint density at radius 1 is 1.18 bits per heavy atom. The van der Waals surface area contributed by atoms with Crippen LogP contribution in [-0.4, -0.2) is 13.6 Å². The Kier molecular flexibility index (Phi) is 6.10. The molecule has 1 unspecified atom stereocenters. The molecule has 22 heavy (non-hydrogen) atoms. The molecule has 2 aromatic carbocycles. The smallest absolute Gasteiger partial charge is 0.123 e. The molecule has 0 saturated heterocycles. The third-order valence-electron chi connectivity index (χ3n) is 3.66. The highest BCUT2D eigenvalue weighted by Gasteiger charge is 2.24. The van der Waals surface area contributed by atoms with Crippen LogP contribution in [0.25, 0.3) is 0 Å². The first kappa shape index (κ1) is 16.7. The van der Waals surface area contributed by atoms with Crippen molar-refractivity contribution in [3.8, 4) is 0 Å². The molecule has 3 rings (SSSR count). The lowest BCUT2D eigenvalue weighted by atomic mass is 9.98. The van der Waals surface area contributed by atoms with Crippen molar-refractivity contribution in [2.75, 3.05) is 13.6 Å². The highest BCUT2D eigenvalue weighted by atomic mass is 19.1. The lowest BCUT2D eigenvalue weighted by molar-refractivity contribution is 0.0939. The molecular formula is C19H24FNO. The molecule has 0 bridgehead atoms. The van der Waals surface area contributed by atoms with E-state index in [1.165, 1.54) is 35.2 Å². The molecule has 1 aliphatic heterocycles. The van der Waals surface area contributed by atoms with Gasteiger partial charge in [-0.2, -0.15) is 0 Å². The maximum Gasteiger partial charge on any atom is 0.123 e. The molecule has 1 N–H and O–H groups in total. The summed E-state index contributed by atoms with van der Waals surface area (Å²) in [6.45, 7) is 6.00. The predicted octanol–water partition coefficient (Wildman–Crippen LogP) is 4.37. The third-order valence-corrected chi connectivity index (χ3v) is 3.66. The van der Waals surface area contributed by atoms with Gasteiger partial charge in [-0.3, -0.25) is 0 Å². The molecule has 0 amide bonds.